The standard InChI is InChI=1S/C17H16O/c18-17(16-10-11-16)15-8-6-14(7-9-15)12-13-4-2-1-3-5-13/h1-9,16H,10-12H2. The summed E-state index contributed by atoms with van der Waals surface area (Å²) in [7, 11) is 0. The van der Waals surface area contributed by atoms with Crippen molar-refractivity contribution in [1.29, 1.82) is 0 Å². The molecule has 2 aromatic carbocycles. The number of carbonyl (C=O) groups excluding carboxylic acids is 1. The first-order valence-corrected chi connectivity index (χ1v) is 6.50. The van der Waals surface area contributed by atoms with Gasteiger partial charge in [-0.15, -0.1) is 0 Å². The first kappa shape index (κ1) is 11.2. The summed E-state index contributed by atoms with van der Waals surface area (Å²) in [4.78, 5) is 11.9. The van der Waals surface area contributed by atoms with Crippen molar-refractivity contribution < 1.29 is 4.79 Å². The van der Waals surface area contributed by atoms with E-state index in [0.717, 1.165) is 24.8 Å². The highest BCUT2D eigenvalue weighted by molar-refractivity contribution is 5.99. The highest BCUT2D eigenvalue weighted by Crippen LogP contribution is 2.32. The van der Waals surface area contributed by atoms with Crippen LogP contribution in [0.5, 0.6) is 0 Å². The lowest BCUT2D eigenvalue weighted by atomic mass is 10.0. The smallest absolute Gasteiger partial charge is 0.165 e. The van der Waals surface area contributed by atoms with Crippen molar-refractivity contribution in [2.24, 2.45) is 5.92 Å². The first-order chi connectivity index (χ1) is 8.83. The third-order valence-electron chi connectivity index (χ3n) is 3.44. The average molecular weight is 236 g/mol. The number of hydrogen-bond donors (Lipinski definition) is 0. The number of carbonyl (C=O) groups is 1. The second-order valence-corrected chi connectivity index (χ2v) is 5.00. The molecule has 1 nitrogen and oxygen atoms in total. The maximum Gasteiger partial charge on any atom is 0.165 e. The van der Waals surface area contributed by atoms with Crippen LogP contribution in [0.1, 0.15) is 34.3 Å². The molecule has 0 spiro atoms. The third-order valence-corrected chi connectivity index (χ3v) is 3.44. The minimum absolute atomic E-state index is 0.310. The van der Waals surface area contributed by atoms with Crippen LogP contribution in [0.15, 0.2) is 54.6 Å². The van der Waals surface area contributed by atoms with Crippen molar-refractivity contribution in [3.8, 4) is 0 Å². The molecule has 2 aromatic rings. The van der Waals surface area contributed by atoms with Crippen LogP contribution >= 0.6 is 0 Å². The molecular weight excluding hydrogens is 220 g/mol. The lowest BCUT2D eigenvalue weighted by Crippen LogP contribution is -2.01. The van der Waals surface area contributed by atoms with E-state index in [1.165, 1.54) is 11.1 Å². The predicted molar refractivity (Wildman–Crippen MR) is 72.7 cm³/mol. The van der Waals surface area contributed by atoms with Crippen molar-refractivity contribution in [3.05, 3.63) is 71.3 Å². The van der Waals surface area contributed by atoms with Gasteiger partial charge in [0, 0.05) is 11.5 Å². The molecule has 18 heavy (non-hydrogen) atoms. The van der Waals surface area contributed by atoms with Crippen LogP contribution in [-0.2, 0) is 6.42 Å². The molecule has 0 bridgehead atoms. The second kappa shape index (κ2) is 4.77. The topological polar surface area (TPSA) is 17.1 Å². The van der Waals surface area contributed by atoms with E-state index in [1.54, 1.807) is 0 Å². The maximum absolute atomic E-state index is 11.9. The summed E-state index contributed by atoms with van der Waals surface area (Å²) < 4.78 is 0. The number of rotatable bonds is 4. The summed E-state index contributed by atoms with van der Waals surface area (Å²) in [6.07, 6.45) is 3.08. The van der Waals surface area contributed by atoms with Crippen molar-refractivity contribution in [1.82, 2.24) is 0 Å². The zero-order chi connectivity index (χ0) is 12.4. The number of ketones is 1. The van der Waals surface area contributed by atoms with Gasteiger partial charge in [-0.1, -0.05) is 54.6 Å². The van der Waals surface area contributed by atoms with Crippen molar-refractivity contribution >= 4 is 5.78 Å². The Morgan fingerprint density at radius 3 is 2.11 bits per heavy atom. The SMILES string of the molecule is O=C(c1ccc(Cc2ccccc2)cc1)C1CC1. The molecule has 1 aliphatic carbocycles. The van der Waals surface area contributed by atoms with Gasteiger partial charge in [-0.3, -0.25) is 4.79 Å². The van der Waals surface area contributed by atoms with E-state index in [9.17, 15) is 4.79 Å². The monoisotopic (exact) mass is 236 g/mol. The molecule has 0 N–H and O–H groups in total. The van der Waals surface area contributed by atoms with Crippen LogP contribution in [0.2, 0.25) is 0 Å². The van der Waals surface area contributed by atoms with Gasteiger partial charge in [-0.2, -0.15) is 0 Å². The molecule has 1 saturated carbocycles. The molecule has 1 fully saturated rings. The zero-order valence-corrected chi connectivity index (χ0v) is 10.3. The largest absolute Gasteiger partial charge is 0.294 e. The van der Waals surface area contributed by atoms with E-state index >= 15 is 0 Å². The molecule has 0 radical (unpaired) electrons. The zero-order valence-electron chi connectivity index (χ0n) is 10.3. The van der Waals surface area contributed by atoms with E-state index in [-0.39, 0.29) is 0 Å². The normalized spacial score (nSPS) is 14.4. The van der Waals surface area contributed by atoms with E-state index in [0.29, 0.717) is 11.7 Å². The molecule has 0 amide bonds. The van der Waals surface area contributed by atoms with Gasteiger partial charge in [-0.05, 0) is 30.4 Å². The Morgan fingerprint density at radius 2 is 1.50 bits per heavy atom. The fourth-order valence-corrected chi connectivity index (χ4v) is 2.20. The average Bonchev–Trinajstić information content (AvgIpc) is 3.24. The van der Waals surface area contributed by atoms with E-state index < -0.39 is 0 Å². The summed E-state index contributed by atoms with van der Waals surface area (Å²) in [5, 5.41) is 0. The van der Waals surface area contributed by atoms with Crippen LogP contribution < -0.4 is 0 Å². The summed E-state index contributed by atoms with van der Waals surface area (Å²) in [6.45, 7) is 0. The van der Waals surface area contributed by atoms with Crippen LogP contribution in [0.4, 0.5) is 0 Å². The fourth-order valence-electron chi connectivity index (χ4n) is 2.20. The van der Waals surface area contributed by atoms with Crippen molar-refractivity contribution in [2.45, 2.75) is 19.3 Å². The van der Waals surface area contributed by atoms with Crippen LogP contribution in [0.25, 0.3) is 0 Å². The lowest BCUT2D eigenvalue weighted by Gasteiger charge is -2.03. The van der Waals surface area contributed by atoms with E-state index in [1.807, 2.05) is 18.2 Å². The molecule has 0 aromatic heterocycles. The first-order valence-electron chi connectivity index (χ1n) is 6.50. The van der Waals surface area contributed by atoms with Crippen LogP contribution in [0.3, 0.4) is 0 Å². The minimum Gasteiger partial charge on any atom is -0.294 e. The summed E-state index contributed by atoms with van der Waals surface area (Å²) >= 11 is 0. The molecule has 0 atom stereocenters. The molecule has 0 saturated heterocycles. The Morgan fingerprint density at radius 1 is 0.889 bits per heavy atom. The molecular formula is C17H16O. The summed E-state index contributed by atoms with van der Waals surface area (Å²) in [5.74, 6) is 0.631. The third kappa shape index (κ3) is 2.51. The Bertz CT molecular complexity index is 536. The van der Waals surface area contributed by atoms with Crippen LogP contribution in [-0.4, -0.2) is 5.78 Å². The number of benzene rings is 2. The van der Waals surface area contributed by atoms with Gasteiger partial charge in [-0.25, -0.2) is 0 Å². The summed E-state index contributed by atoms with van der Waals surface area (Å²) in [6, 6.07) is 18.5. The van der Waals surface area contributed by atoms with Gasteiger partial charge in [0.05, 0.1) is 0 Å². The molecule has 90 valence electrons. The molecule has 0 heterocycles. The Balaban J connectivity index is 1.73. The van der Waals surface area contributed by atoms with Crippen molar-refractivity contribution in [2.75, 3.05) is 0 Å². The van der Waals surface area contributed by atoms with Gasteiger partial charge < -0.3 is 0 Å². The Hall–Kier alpha value is -1.89. The second-order valence-electron chi connectivity index (χ2n) is 5.00. The summed E-state index contributed by atoms with van der Waals surface area (Å²) in [5.41, 5.74) is 3.43. The van der Waals surface area contributed by atoms with Gasteiger partial charge in [0.1, 0.15) is 0 Å². The van der Waals surface area contributed by atoms with Gasteiger partial charge in [0.15, 0.2) is 5.78 Å². The highest BCUT2D eigenvalue weighted by atomic mass is 16.1. The van der Waals surface area contributed by atoms with E-state index in [2.05, 4.69) is 36.4 Å². The lowest BCUT2D eigenvalue weighted by molar-refractivity contribution is 0.0967. The maximum atomic E-state index is 11.9. The Kier molecular flexibility index (Phi) is 2.97. The molecule has 0 aliphatic heterocycles. The van der Waals surface area contributed by atoms with Gasteiger partial charge in [0.25, 0.3) is 0 Å². The molecule has 0 unspecified atom stereocenters. The van der Waals surface area contributed by atoms with E-state index in [4.69, 9.17) is 0 Å². The number of hydrogen-bond acceptors (Lipinski definition) is 1. The quantitative estimate of drug-likeness (QED) is 0.736. The van der Waals surface area contributed by atoms with Gasteiger partial charge >= 0.3 is 0 Å². The molecule has 3 rings (SSSR count). The van der Waals surface area contributed by atoms with Gasteiger partial charge in [0.2, 0.25) is 0 Å². The van der Waals surface area contributed by atoms with Crippen LogP contribution in [0, 0.1) is 5.92 Å². The molecule has 1 aliphatic rings. The number of Topliss-reactive ketones (excluding diaryl/α,β-unsaturated/α-hetero) is 1. The minimum atomic E-state index is 0.310. The Labute approximate surface area is 107 Å². The molecule has 1 heteroatoms. The van der Waals surface area contributed by atoms with Crippen molar-refractivity contribution in [3.63, 3.8) is 0 Å². The predicted octanol–water partition coefficient (Wildman–Crippen LogP) is 3.87. The highest BCUT2D eigenvalue weighted by Gasteiger charge is 2.30. The fraction of sp³-hybridized carbons (Fsp3) is 0.235.